The Hall–Kier alpha value is -2.76. The topological polar surface area (TPSA) is 80.6 Å². The summed E-state index contributed by atoms with van der Waals surface area (Å²) >= 11 is 0. The molecular weight excluding hydrogens is 284 g/mol. The zero-order valence-corrected chi connectivity index (χ0v) is 12.1. The lowest BCUT2D eigenvalue weighted by Gasteiger charge is -2.18. The fraction of sp³-hybridized carbons (Fsp3) is 0.250. The van der Waals surface area contributed by atoms with E-state index < -0.39 is 5.97 Å². The molecule has 0 unspecified atom stereocenters. The van der Waals surface area contributed by atoms with Gasteiger partial charge >= 0.3 is 5.97 Å². The first kappa shape index (κ1) is 14.2. The molecule has 0 spiro atoms. The van der Waals surface area contributed by atoms with Gasteiger partial charge < -0.3 is 19.7 Å². The van der Waals surface area contributed by atoms with E-state index in [2.05, 4.69) is 5.32 Å². The minimum atomic E-state index is -0.692. The fourth-order valence-corrected chi connectivity index (χ4v) is 2.72. The van der Waals surface area contributed by atoms with Crippen LogP contribution in [-0.4, -0.2) is 34.7 Å². The van der Waals surface area contributed by atoms with E-state index in [0.717, 1.165) is 5.56 Å². The monoisotopic (exact) mass is 300 g/mol. The number of hydrogen-bond acceptors (Lipinski definition) is 4. The number of nitrogens with one attached hydrogen (secondary N) is 1. The average molecular weight is 300 g/mol. The Balaban J connectivity index is 2.26. The van der Waals surface area contributed by atoms with Crippen molar-refractivity contribution in [1.82, 2.24) is 9.88 Å². The first-order valence-corrected chi connectivity index (χ1v) is 7.11. The summed E-state index contributed by atoms with van der Waals surface area (Å²) in [5.74, 6) is -1.29. The van der Waals surface area contributed by atoms with Crippen LogP contribution in [0.2, 0.25) is 0 Å². The van der Waals surface area contributed by atoms with E-state index >= 15 is 0 Å². The van der Waals surface area contributed by atoms with Crippen LogP contribution in [0, 0.1) is 0 Å². The number of fused-ring (bicyclic) bond motifs is 1. The van der Waals surface area contributed by atoms with Crippen LogP contribution in [-0.2, 0) is 11.3 Å². The summed E-state index contributed by atoms with van der Waals surface area (Å²) in [6.45, 7) is 2.78. The van der Waals surface area contributed by atoms with E-state index in [1.807, 2.05) is 30.3 Å². The van der Waals surface area contributed by atoms with Crippen molar-refractivity contribution in [2.75, 3.05) is 13.2 Å². The second kappa shape index (κ2) is 5.55. The van der Waals surface area contributed by atoms with Crippen molar-refractivity contribution >= 4 is 11.9 Å². The molecule has 0 atom stereocenters. The van der Waals surface area contributed by atoms with Crippen LogP contribution in [0.3, 0.4) is 0 Å². The van der Waals surface area contributed by atoms with Gasteiger partial charge in [-0.05, 0) is 6.92 Å². The Morgan fingerprint density at radius 1 is 1.32 bits per heavy atom. The molecule has 2 aromatic rings. The largest absolute Gasteiger partial charge is 0.505 e. The van der Waals surface area contributed by atoms with Crippen molar-refractivity contribution in [3.63, 3.8) is 0 Å². The zero-order chi connectivity index (χ0) is 15.7. The lowest BCUT2D eigenvalue weighted by Crippen LogP contribution is -2.36. The van der Waals surface area contributed by atoms with Crippen molar-refractivity contribution in [3.8, 4) is 17.0 Å². The lowest BCUT2D eigenvalue weighted by atomic mass is 10.1. The highest BCUT2D eigenvalue weighted by Gasteiger charge is 2.34. The summed E-state index contributed by atoms with van der Waals surface area (Å²) < 4.78 is 6.66. The number of amides is 1. The molecule has 0 saturated carbocycles. The van der Waals surface area contributed by atoms with Crippen LogP contribution in [0.25, 0.3) is 11.3 Å². The van der Waals surface area contributed by atoms with Gasteiger partial charge in [0.15, 0.2) is 5.75 Å². The van der Waals surface area contributed by atoms with Crippen LogP contribution < -0.4 is 5.32 Å². The number of aromatic hydroxyl groups is 1. The highest BCUT2D eigenvalue weighted by Crippen LogP contribution is 2.38. The number of aromatic nitrogens is 1. The summed E-state index contributed by atoms with van der Waals surface area (Å²) in [6.07, 6.45) is 0. The van der Waals surface area contributed by atoms with Gasteiger partial charge in [-0.25, -0.2) is 4.79 Å². The number of esters is 1. The highest BCUT2D eigenvalue weighted by atomic mass is 16.5. The van der Waals surface area contributed by atoms with Crippen molar-refractivity contribution in [2.24, 2.45) is 0 Å². The molecule has 22 heavy (non-hydrogen) atoms. The molecule has 6 nitrogen and oxygen atoms in total. The number of hydrogen-bond donors (Lipinski definition) is 2. The van der Waals surface area contributed by atoms with E-state index in [-0.39, 0.29) is 29.5 Å². The van der Waals surface area contributed by atoms with Crippen LogP contribution in [0.4, 0.5) is 0 Å². The Kier molecular flexibility index (Phi) is 3.58. The Morgan fingerprint density at radius 3 is 2.73 bits per heavy atom. The minimum Gasteiger partial charge on any atom is -0.505 e. The molecule has 1 amide bonds. The number of rotatable bonds is 3. The van der Waals surface area contributed by atoms with Crippen molar-refractivity contribution in [1.29, 1.82) is 0 Å². The van der Waals surface area contributed by atoms with Gasteiger partial charge in [0, 0.05) is 18.7 Å². The third-order valence-electron chi connectivity index (χ3n) is 3.60. The molecule has 1 aromatic heterocycles. The van der Waals surface area contributed by atoms with E-state index in [1.165, 1.54) is 0 Å². The van der Waals surface area contributed by atoms with Crippen molar-refractivity contribution < 1.29 is 19.4 Å². The number of carbonyl (C=O) groups excluding carboxylic acids is 2. The van der Waals surface area contributed by atoms with E-state index in [1.54, 1.807) is 11.5 Å². The predicted molar refractivity (Wildman–Crippen MR) is 79.8 cm³/mol. The number of benzene rings is 1. The fourth-order valence-electron chi connectivity index (χ4n) is 2.72. The third kappa shape index (κ3) is 2.13. The quantitative estimate of drug-likeness (QED) is 0.847. The molecule has 0 bridgehead atoms. The summed E-state index contributed by atoms with van der Waals surface area (Å²) in [6, 6.07) is 9.18. The van der Waals surface area contributed by atoms with Gasteiger partial charge in [0.05, 0.1) is 12.3 Å². The summed E-state index contributed by atoms with van der Waals surface area (Å²) in [4.78, 5) is 24.3. The summed E-state index contributed by atoms with van der Waals surface area (Å²) in [7, 11) is 0. The third-order valence-corrected chi connectivity index (χ3v) is 3.60. The van der Waals surface area contributed by atoms with Crippen LogP contribution in [0.1, 0.15) is 27.8 Å². The SMILES string of the molecule is CCOC(=O)c1c(O)c(-c2ccccc2)n2c1C(=O)NCC2. The number of carbonyl (C=O) groups is 2. The van der Waals surface area contributed by atoms with Gasteiger partial charge in [-0.3, -0.25) is 4.79 Å². The maximum atomic E-state index is 12.2. The Bertz CT molecular complexity index is 734. The van der Waals surface area contributed by atoms with Gasteiger partial charge in [0.25, 0.3) is 5.91 Å². The normalized spacial score (nSPS) is 13.4. The maximum absolute atomic E-state index is 12.2. The molecule has 1 aliphatic heterocycles. The van der Waals surface area contributed by atoms with Gasteiger partial charge in [-0.1, -0.05) is 30.3 Å². The molecule has 0 aliphatic carbocycles. The smallest absolute Gasteiger partial charge is 0.344 e. The van der Waals surface area contributed by atoms with E-state index in [0.29, 0.717) is 18.8 Å². The summed E-state index contributed by atoms with van der Waals surface area (Å²) in [5, 5.41) is 13.2. The molecule has 6 heteroatoms. The molecule has 2 heterocycles. The number of nitrogens with zero attached hydrogens (tertiary/aromatic N) is 1. The van der Waals surface area contributed by atoms with Gasteiger partial charge in [0.2, 0.25) is 0 Å². The molecule has 1 aromatic carbocycles. The Morgan fingerprint density at radius 2 is 2.05 bits per heavy atom. The molecule has 1 aliphatic rings. The molecule has 3 rings (SSSR count). The van der Waals surface area contributed by atoms with Crippen molar-refractivity contribution in [2.45, 2.75) is 13.5 Å². The molecule has 114 valence electrons. The highest BCUT2D eigenvalue weighted by molar-refractivity contribution is 6.09. The second-order valence-corrected chi connectivity index (χ2v) is 4.91. The predicted octanol–water partition coefficient (Wildman–Crippen LogP) is 1.78. The standard InChI is InChI=1S/C16H16N2O4/c1-2-22-16(21)11-13-15(20)17-8-9-18(13)12(14(11)19)10-6-4-3-5-7-10/h3-7,19H,2,8-9H2,1H3,(H,17,20). The van der Waals surface area contributed by atoms with Gasteiger partial charge in [-0.15, -0.1) is 0 Å². The van der Waals surface area contributed by atoms with Crippen LogP contribution in [0.5, 0.6) is 5.75 Å². The van der Waals surface area contributed by atoms with Gasteiger partial charge in [-0.2, -0.15) is 0 Å². The molecule has 0 saturated heterocycles. The minimum absolute atomic E-state index is 0.0714. The molecular formula is C16H16N2O4. The zero-order valence-electron chi connectivity index (χ0n) is 12.1. The first-order chi connectivity index (χ1) is 10.6. The lowest BCUT2D eigenvalue weighted by molar-refractivity contribution is 0.0518. The second-order valence-electron chi connectivity index (χ2n) is 4.91. The van der Waals surface area contributed by atoms with Gasteiger partial charge in [0.1, 0.15) is 11.3 Å². The molecule has 0 fully saturated rings. The molecule has 0 radical (unpaired) electrons. The first-order valence-electron chi connectivity index (χ1n) is 7.11. The van der Waals surface area contributed by atoms with Crippen LogP contribution in [0.15, 0.2) is 30.3 Å². The Labute approximate surface area is 127 Å². The van der Waals surface area contributed by atoms with E-state index in [9.17, 15) is 14.7 Å². The average Bonchev–Trinajstić information content (AvgIpc) is 2.82. The maximum Gasteiger partial charge on any atom is 0.344 e. The summed E-state index contributed by atoms with van der Waals surface area (Å²) in [5.41, 5.74) is 1.29. The van der Waals surface area contributed by atoms with Crippen molar-refractivity contribution in [3.05, 3.63) is 41.6 Å². The van der Waals surface area contributed by atoms with Crippen LogP contribution >= 0.6 is 0 Å². The molecule has 2 N–H and O–H groups in total. The van der Waals surface area contributed by atoms with E-state index in [4.69, 9.17) is 4.74 Å². The number of ether oxygens (including phenoxy) is 1.